The number of hydrogen-bond acceptors (Lipinski definition) is 15. The van der Waals surface area contributed by atoms with Gasteiger partial charge in [-0.15, -0.1) is 0 Å². The zero-order valence-electron chi connectivity index (χ0n) is 66.9. The Labute approximate surface area is 626 Å². The van der Waals surface area contributed by atoms with Crippen LogP contribution in [0.1, 0.15) is 440 Å². The van der Waals surface area contributed by atoms with Gasteiger partial charge >= 0.3 is 39.5 Å². The van der Waals surface area contributed by atoms with E-state index < -0.39 is 97.5 Å². The molecule has 102 heavy (non-hydrogen) atoms. The molecule has 606 valence electrons. The molecule has 17 nitrogen and oxygen atoms in total. The summed E-state index contributed by atoms with van der Waals surface area (Å²) in [5.74, 6) is -0.508. The number of aliphatic hydroxyl groups excluding tert-OH is 1. The van der Waals surface area contributed by atoms with Crippen LogP contribution in [0.3, 0.4) is 0 Å². The molecule has 0 aromatic heterocycles. The molecule has 2 unspecified atom stereocenters. The van der Waals surface area contributed by atoms with Crippen molar-refractivity contribution < 1.29 is 80.2 Å². The summed E-state index contributed by atoms with van der Waals surface area (Å²) < 4.78 is 68.8. The third-order valence-electron chi connectivity index (χ3n) is 19.5. The molecule has 0 fully saturated rings. The summed E-state index contributed by atoms with van der Waals surface area (Å²) in [7, 11) is -9.92. The fourth-order valence-electron chi connectivity index (χ4n) is 12.9. The van der Waals surface area contributed by atoms with Crippen LogP contribution in [-0.2, 0) is 65.4 Å². The van der Waals surface area contributed by atoms with Gasteiger partial charge in [-0.2, -0.15) is 0 Å². The highest BCUT2D eigenvalue weighted by Crippen LogP contribution is 2.45. The van der Waals surface area contributed by atoms with E-state index in [1.807, 2.05) is 0 Å². The van der Waals surface area contributed by atoms with E-state index >= 15 is 0 Å². The quantitative estimate of drug-likeness (QED) is 0.0222. The molecular weight excluding hydrogens is 1330 g/mol. The van der Waals surface area contributed by atoms with E-state index in [2.05, 4.69) is 41.5 Å². The Morgan fingerprint density at radius 2 is 0.451 bits per heavy atom. The number of aliphatic hydroxyl groups is 1. The Morgan fingerprint density at radius 3 is 0.667 bits per heavy atom. The standard InChI is InChI=1S/C83H162O17P2/c1-7-9-11-13-15-17-19-21-22-31-37-43-49-55-61-67-82(87)99-78(71-93-80(85)65-59-53-47-41-35-27-20-18-16-14-12-10-8-2)73-97-101(89,90)95-69-77(84)70-96-102(91,92)98-74-79(100-83(88)68-62-56-50-44-38-32-26-24-29-34-40-46-52-58-64-76(5)6)72-94-81(86)66-60-54-48-42-36-30-25-23-28-33-39-45-51-57-63-75(3)4/h75-79,84H,7-74H2,1-6H3,(H,89,90)(H,91,92)/t77-,78+,79+/m0/s1. The van der Waals surface area contributed by atoms with Gasteiger partial charge in [-0.25, -0.2) is 9.13 Å². The molecule has 0 aromatic carbocycles. The molecule has 0 spiro atoms. The summed E-state index contributed by atoms with van der Waals surface area (Å²) in [5, 5.41) is 10.7. The monoisotopic (exact) mass is 1490 g/mol. The van der Waals surface area contributed by atoms with Crippen LogP contribution in [0.15, 0.2) is 0 Å². The Balaban J connectivity index is 5.27. The molecule has 5 atom stereocenters. The normalized spacial score (nSPS) is 13.9. The molecule has 19 heteroatoms. The highest BCUT2D eigenvalue weighted by molar-refractivity contribution is 7.47. The van der Waals surface area contributed by atoms with Crippen LogP contribution in [0.25, 0.3) is 0 Å². The Morgan fingerprint density at radius 1 is 0.265 bits per heavy atom. The predicted octanol–water partition coefficient (Wildman–Crippen LogP) is 25.1. The molecule has 0 saturated heterocycles. The number of ether oxygens (including phenoxy) is 4. The van der Waals surface area contributed by atoms with Gasteiger partial charge in [-0.1, -0.05) is 388 Å². The second kappa shape index (κ2) is 74.5. The van der Waals surface area contributed by atoms with Gasteiger partial charge in [0.25, 0.3) is 0 Å². The summed E-state index contributed by atoms with van der Waals surface area (Å²) in [6, 6.07) is 0. The Bertz CT molecular complexity index is 1960. The van der Waals surface area contributed by atoms with Crippen LogP contribution >= 0.6 is 15.6 Å². The maximum atomic E-state index is 13.1. The fourth-order valence-corrected chi connectivity index (χ4v) is 14.5. The summed E-state index contributed by atoms with van der Waals surface area (Å²) in [5.41, 5.74) is 0. The second-order valence-electron chi connectivity index (χ2n) is 30.8. The molecule has 0 bridgehead atoms. The van der Waals surface area contributed by atoms with Crippen molar-refractivity contribution in [2.45, 2.75) is 458 Å². The van der Waals surface area contributed by atoms with Gasteiger partial charge in [0.2, 0.25) is 0 Å². The zero-order chi connectivity index (χ0) is 74.9. The van der Waals surface area contributed by atoms with Crippen molar-refractivity contribution in [3.63, 3.8) is 0 Å². The van der Waals surface area contributed by atoms with Crippen molar-refractivity contribution in [1.29, 1.82) is 0 Å². The lowest BCUT2D eigenvalue weighted by Crippen LogP contribution is -2.30. The maximum absolute atomic E-state index is 13.1. The van der Waals surface area contributed by atoms with Crippen LogP contribution in [0, 0.1) is 11.8 Å². The van der Waals surface area contributed by atoms with Gasteiger partial charge in [-0.3, -0.25) is 37.3 Å². The molecule has 0 aromatic rings. The molecular formula is C83H162O17P2. The third kappa shape index (κ3) is 76.3. The summed E-state index contributed by atoms with van der Waals surface area (Å²) in [6.45, 7) is 9.71. The lowest BCUT2D eigenvalue weighted by molar-refractivity contribution is -0.161. The van der Waals surface area contributed by atoms with Crippen molar-refractivity contribution in [1.82, 2.24) is 0 Å². The number of phosphoric ester groups is 2. The van der Waals surface area contributed by atoms with E-state index in [1.54, 1.807) is 0 Å². The van der Waals surface area contributed by atoms with E-state index in [1.165, 1.54) is 257 Å². The number of carbonyl (C=O) groups is 4. The molecule has 0 heterocycles. The van der Waals surface area contributed by atoms with Gasteiger partial charge < -0.3 is 33.8 Å². The minimum Gasteiger partial charge on any atom is -0.462 e. The van der Waals surface area contributed by atoms with Crippen LogP contribution in [-0.4, -0.2) is 96.7 Å². The molecule has 0 radical (unpaired) electrons. The Kier molecular flexibility index (Phi) is 73.1. The van der Waals surface area contributed by atoms with Gasteiger partial charge in [-0.05, 0) is 37.5 Å². The van der Waals surface area contributed by atoms with Crippen molar-refractivity contribution >= 4 is 39.5 Å². The van der Waals surface area contributed by atoms with Crippen molar-refractivity contribution in [3.05, 3.63) is 0 Å². The molecule has 0 aliphatic carbocycles. The molecule has 0 aliphatic heterocycles. The molecule has 0 rings (SSSR count). The fraction of sp³-hybridized carbons (Fsp3) is 0.952. The van der Waals surface area contributed by atoms with Gasteiger partial charge in [0, 0.05) is 25.7 Å². The topological polar surface area (TPSA) is 237 Å². The highest BCUT2D eigenvalue weighted by Gasteiger charge is 2.30. The number of phosphoric acid groups is 2. The largest absolute Gasteiger partial charge is 0.472 e. The molecule has 0 amide bonds. The van der Waals surface area contributed by atoms with E-state index in [0.29, 0.717) is 25.7 Å². The van der Waals surface area contributed by atoms with Crippen LogP contribution < -0.4 is 0 Å². The number of hydrogen-bond donors (Lipinski definition) is 3. The van der Waals surface area contributed by atoms with Crippen LogP contribution in [0.5, 0.6) is 0 Å². The predicted molar refractivity (Wildman–Crippen MR) is 418 cm³/mol. The van der Waals surface area contributed by atoms with E-state index in [-0.39, 0.29) is 25.7 Å². The molecule has 0 aliphatic rings. The van der Waals surface area contributed by atoms with Crippen molar-refractivity contribution in [2.75, 3.05) is 39.6 Å². The Hall–Kier alpha value is -1.94. The average molecular weight is 1490 g/mol. The lowest BCUT2D eigenvalue weighted by atomic mass is 10.0. The first kappa shape index (κ1) is 100. The zero-order valence-corrected chi connectivity index (χ0v) is 68.7. The maximum Gasteiger partial charge on any atom is 0.472 e. The van der Waals surface area contributed by atoms with Crippen LogP contribution in [0.4, 0.5) is 0 Å². The first-order valence-corrected chi connectivity index (χ1v) is 46.0. The average Bonchev–Trinajstić information content (AvgIpc) is 0.925. The van der Waals surface area contributed by atoms with Gasteiger partial charge in [0.1, 0.15) is 19.3 Å². The number of rotatable bonds is 82. The van der Waals surface area contributed by atoms with Gasteiger partial charge in [0.05, 0.1) is 26.4 Å². The summed E-state index contributed by atoms with van der Waals surface area (Å²) >= 11 is 0. The first-order chi connectivity index (χ1) is 49.4. The summed E-state index contributed by atoms with van der Waals surface area (Å²) in [6.07, 6.45) is 65.0. The first-order valence-electron chi connectivity index (χ1n) is 43.0. The minimum absolute atomic E-state index is 0.108. The van der Waals surface area contributed by atoms with Crippen molar-refractivity contribution in [3.8, 4) is 0 Å². The number of unbranched alkanes of at least 4 members (excludes halogenated alkanes) is 52. The van der Waals surface area contributed by atoms with Crippen LogP contribution in [0.2, 0.25) is 0 Å². The van der Waals surface area contributed by atoms with E-state index in [0.717, 1.165) is 102 Å². The second-order valence-corrected chi connectivity index (χ2v) is 33.7. The third-order valence-corrected chi connectivity index (χ3v) is 21.4. The van der Waals surface area contributed by atoms with Gasteiger partial charge in [0.15, 0.2) is 12.2 Å². The smallest absolute Gasteiger partial charge is 0.462 e. The lowest BCUT2D eigenvalue weighted by Gasteiger charge is -2.21. The number of esters is 4. The summed E-state index contributed by atoms with van der Waals surface area (Å²) in [4.78, 5) is 73.2. The molecule has 3 N–H and O–H groups in total. The minimum atomic E-state index is -4.96. The highest BCUT2D eigenvalue weighted by atomic mass is 31.2. The van der Waals surface area contributed by atoms with E-state index in [9.17, 15) is 43.2 Å². The number of carbonyl (C=O) groups excluding carboxylic acids is 4. The van der Waals surface area contributed by atoms with E-state index in [4.69, 9.17) is 37.0 Å². The van der Waals surface area contributed by atoms with Crippen molar-refractivity contribution in [2.24, 2.45) is 11.8 Å². The SMILES string of the molecule is CCCCCCCCCCCCCCCCCC(=O)O[C@H](COC(=O)CCCCCCCCCCCCCCC)COP(=O)(O)OC[C@H](O)COP(=O)(O)OC[C@@H](COC(=O)CCCCCCCCCCCCCCCCC(C)C)OC(=O)CCCCCCCCCCCCCCCCC(C)C. The molecule has 0 saturated carbocycles.